The SMILES string of the molecule is CC(=O)OCC1(COC(=O)c2cncn2[C@H](C)c2ccccc2)COC1. The fourth-order valence-electron chi connectivity index (χ4n) is 2.81. The van der Waals surface area contributed by atoms with Crippen molar-refractivity contribution in [2.45, 2.75) is 19.9 Å². The van der Waals surface area contributed by atoms with Gasteiger partial charge in [0, 0.05) is 6.92 Å². The molecule has 0 saturated carbocycles. The molecule has 0 spiro atoms. The van der Waals surface area contributed by atoms with Crippen LogP contribution in [0.15, 0.2) is 42.9 Å². The van der Waals surface area contributed by atoms with Gasteiger partial charge < -0.3 is 18.8 Å². The van der Waals surface area contributed by atoms with Crippen LogP contribution in [-0.4, -0.2) is 47.9 Å². The molecule has 1 aliphatic rings. The van der Waals surface area contributed by atoms with Gasteiger partial charge in [0.05, 0.1) is 37.2 Å². The number of nitrogens with zero attached hydrogens (tertiary/aromatic N) is 2. The van der Waals surface area contributed by atoms with Crippen LogP contribution >= 0.6 is 0 Å². The number of hydrogen-bond acceptors (Lipinski definition) is 6. The van der Waals surface area contributed by atoms with Gasteiger partial charge in [-0.2, -0.15) is 0 Å². The van der Waals surface area contributed by atoms with E-state index in [9.17, 15) is 9.59 Å². The van der Waals surface area contributed by atoms with E-state index in [2.05, 4.69) is 4.98 Å². The van der Waals surface area contributed by atoms with Crippen molar-refractivity contribution >= 4 is 11.9 Å². The van der Waals surface area contributed by atoms with Crippen LogP contribution in [0.25, 0.3) is 0 Å². The predicted molar refractivity (Wildman–Crippen MR) is 92.6 cm³/mol. The van der Waals surface area contributed by atoms with Crippen molar-refractivity contribution < 1.29 is 23.8 Å². The highest BCUT2D eigenvalue weighted by molar-refractivity contribution is 5.87. The van der Waals surface area contributed by atoms with E-state index in [1.165, 1.54) is 13.1 Å². The number of rotatable bonds is 7. The summed E-state index contributed by atoms with van der Waals surface area (Å²) in [6.07, 6.45) is 3.12. The van der Waals surface area contributed by atoms with E-state index in [4.69, 9.17) is 14.2 Å². The van der Waals surface area contributed by atoms with Gasteiger partial charge in [-0.3, -0.25) is 4.79 Å². The van der Waals surface area contributed by atoms with E-state index in [1.54, 1.807) is 10.9 Å². The molecule has 1 aromatic carbocycles. The Balaban J connectivity index is 1.66. The molecule has 0 radical (unpaired) electrons. The average molecular weight is 358 g/mol. The highest BCUT2D eigenvalue weighted by Crippen LogP contribution is 2.29. The van der Waals surface area contributed by atoms with E-state index in [1.807, 2.05) is 37.3 Å². The summed E-state index contributed by atoms with van der Waals surface area (Å²) in [7, 11) is 0. The minimum atomic E-state index is -0.461. The van der Waals surface area contributed by atoms with Crippen LogP contribution in [-0.2, 0) is 19.0 Å². The van der Waals surface area contributed by atoms with Crippen molar-refractivity contribution in [3.05, 3.63) is 54.1 Å². The molecule has 0 bridgehead atoms. The summed E-state index contributed by atoms with van der Waals surface area (Å²) in [5, 5.41) is 0. The monoisotopic (exact) mass is 358 g/mol. The van der Waals surface area contributed by atoms with Crippen LogP contribution in [0, 0.1) is 5.41 Å². The second-order valence-electron chi connectivity index (χ2n) is 6.62. The first-order valence-corrected chi connectivity index (χ1v) is 8.46. The maximum Gasteiger partial charge on any atom is 0.356 e. The van der Waals surface area contributed by atoms with Gasteiger partial charge in [-0.25, -0.2) is 9.78 Å². The van der Waals surface area contributed by atoms with Gasteiger partial charge in [0.1, 0.15) is 18.9 Å². The molecule has 2 heterocycles. The predicted octanol–water partition coefficient (Wildman–Crippen LogP) is 2.23. The van der Waals surface area contributed by atoms with Gasteiger partial charge in [0.15, 0.2) is 0 Å². The molecular formula is C19H22N2O5. The summed E-state index contributed by atoms with van der Waals surface area (Å²) in [6.45, 7) is 4.44. The molecule has 1 atom stereocenters. The summed E-state index contributed by atoms with van der Waals surface area (Å²) in [5.74, 6) is -0.822. The van der Waals surface area contributed by atoms with Crippen molar-refractivity contribution in [3.8, 4) is 0 Å². The van der Waals surface area contributed by atoms with Crippen LogP contribution in [0.5, 0.6) is 0 Å². The molecule has 1 fully saturated rings. The molecule has 0 aliphatic carbocycles. The van der Waals surface area contributed by atoms with Crippen molar-refractivity contribution in [3.63, 3.8) is 0 Å². The Hall–Kier alpha value is -2.67. The third kappa shape index (κ3) is 3.94. The summed E-state index contributed by atoms with van der Waals surface area (Å²) in [4.78, 5) is 27.7. The van der Waals surface area contributed by atoms with Gasteiger partial charge in [-0.15, -0.1) is 0 Å². The fourth-order valence-corrected chi connectivity index (χ4v) is 2.81. The maximum atomic E-state index is 12.6. The van der Waals surface area contributed by atoms with Crippen molar-refractivity contribution in [2.75, 3.05) is 26.4 Å². The molecule has 0 N–H and O–H groups in total. The average Bonchev–Trinajstić information content (AvgIpc) is 3.10. The van der Waals surface area contributed by atoms with Crippen LogP contribution in [0.3, 0.4) is 0 Å². The van der Waals surface area contributed by atoms with E-state index < -0.39 is 11.4 Å². The Bertz CT molecular complexity index is 767. The third-order valence-corrected chi connectivity index (χ3v) is 4.48. The van der Waals surface area contributed by atoms with Gasteiger partial charge >= 0.3 is 11.9 Å². The number of esters is 2. The van der Waals surface area contributed by atoms with E-state index in [-0.39, 0.29) is 25.2 Å². The Morgan fingerprint density at radius 2 is 1.92 bits per heavy atom. The first-order valence-electron chi connectivity index (χ1n) is 8.46. The number of carbonyl (C=O) groups is 2. The molecule has 7 heteroatoms. The second kappa shape index (κ2) is 7.70. The molecular weight excluding hydrogens is 336 g/mol. The zero-order chi connectivity index (χ0) is 18.6. The zero-order valence-electron chi connectivity index (χ0n) is 14.9. The quantitative estimate of drug-likeness (QED) is 0.706. The lowest BCUT2D eigenvalue weighted by Gasteiger charge is -2.39. The highest BCUT2D eigenvalue weighted by Gasteiger charge is 2.41. The molecule has 138 valence electrons. The number of carbonyl (C=O) groups excluding carboxylic acids is 2. The summed E-state index contributed by atoms with van der Waals surface area (Å²) < 4.78 is 17.5. The standard InChI is InChI=1S/C19H22N2O5/c1-14(16-6-4-3-5-7-16)21-13-20-8-17(21)18(23)26-12-19(9-24-10-19)11-25-15(2)22/h3-8,13-14H,9-12H2,1-2H3/t14-/m1/s1. The molecule has 1 saturated heterocycles. The van der Waals surface area contributed by atoms with Crippen LogP contribution in [0.2, 0.25) is 0 Å². The second-order valence-corrected chi connectivity index (χ2v) is 6.62. The summed E-state index contributed by atoms with van der Waals surface area (Å²) in [5.41, 5.74) is 0.986. The molecule has 26 heavy (non-hydrogen) atoms. The highest BCUT2D eigenvalue weighted by atomic mass is 16.6. The number of imidazole rings is 1. The third-order valence-electron chi connectivity index (χ3n) is 4.48. The first-order chi connectivity index (χ1) is 12.5. The van der Waals surface area contributed by atoms with Crippen molar-refractivity contribution in [2.24, 2.45) is 5.41 Å². The number of aromatic nitrogens is 2. The topological polar surface area (TPSA) is 79.7 Å². The lowest BCUT2D eigenvalue weighted by Crippen LogP contribution is -2.50. The van der Waals surface area contributed by atoms with Gasteiger partial charge in [0.25, 0.3) is 0 Å². The molecule has 0 amide bonds. The van der Waals surface area contributed by atoms with Gasteiger partial charge in [0.2, 0.25) is 0 Å². The summed E-state index contributed by atoms with van der Waals surface area (Å²) >= 11 is 0. The van der Waals surface area contributed by atoms with Crippen molar-refractivity contribution in [1.29, 1.82) is 0 Å². The van der Waals surface area contributed by atoms with Gasteiger partial charge in [-0.05, 0) is 12.5 Å². The summed E-state index contributed by atoms with van der Waals surface area (Å²) in [6, 6.07) is 9.80. The van der Waals surface area contributed by atoms with Crippen LogP contribution < -0.4 is 0 Å². The Kier molecular flexibility index (Phi) is 5.37. The smallest absolute Gasteiger partial charge is 0.356 e. The molecule has 7 nitrogen and oxygen atoms in total. The van der Waals surface area contributed by atoms with E-state index in [0.29, 0.717) is 18.9 Å². The molecule has 1 aromatic heterocycles. The van der Waals surface area contributed by atoms with Crippen molar-refractivity contribution in [1.82, 2.24) is 9.55 Å². The fraction of sp³-hybridized carbons (Fsp3) is 0.421. The lowest BCUT2D eigenvalue weighted by molar-refractivity contribution is -0.178. The number of benzene rings is 1. The first kappa shape index (κ1) is 18.1. The van der Waals surface area contributed by atoms with E-state index in [0.717, 1.165) is 5.56 Å². The molecule has 0 unspecified atom stereocenters. The van der Waals surface area contributed by atoms with Crippen LogP contribution in [0.1, 0.15) is 35.9 Å². The maximum absolute atomic E-state index is 12.6. The normalized spacial score (nSPS) is 16.4. The Labute approximate surface area is 151 Å². The Morgan fingerprint density at radius 1 is 1.23 bits per heavy atom. The minimum absolute atomic E-state index is 0.0525. The number of ether oxygens (including phenoxy) is 3. The van der Waals surface area contributed by atoms with Crippen LogP contribution in [0.4, 0.5) is 0 Å². The largest absolute Gasteiger partial charge is 0.465 e. The van der Waals surface area contributed by atoms with E-state index >= 15 is 0 Å². The van der Waals surface area contributed by atoms with Gasteiger partial charge in [-0.1, -0.05) is 30.3 Å². The minimum Gasteiger partial charge on any atom is -0.465 e. The zero-order valence-corrected chi connectivity index (χ0v) is 14.9. The number of hydrogen-bond donors (Lipinski definition) is 0. The Morgan fingerprint density at radius 3 is 2.54 bits per heavy atom. The molecule has 3 rings (SSSR count). The molecule has 2 aromatic rings. The lowest BCUT2D eigenvalue weighted by atomic mass is 9.88. The molecule has 1 aliphatic heterocycles.